The first kappa shape index (κ1) is 78.7. The third-order valence-electron chi connectivity index (χ3n) is 31.9. The maximum absolute atomic E-state index is 2.53. The quantitative estimate of drug-likeness (QED) is 0.133. The molecule has 5 aliphatic rings. The van der Waals surface area contributed by atoms with E-state index < -0.39 is 0 Å². The first-order valence-corrected chi connectivity index (χ1v) is 47.5. The average Bonchev–Trinajstić information content (AvgIpc) is 1.69. The summed E-state index contributed by atoms with van der Waals surface area (Å²) in [7, 11) is 0. The minimum Gasteiger partial charge on any atom is -0.0619 e. The predicted molar refractivity (Wildman–Crippen MR) is 567 cm³/mol. The van der Waals surface area contributed by atoms with Crippen molar-refractivity contribution in [2.24, 2.45) is 0 Å². The summed E-state index contributed by atoms with van der Waals surface area (Å²) in [5, 5.41) is 17.8. The van der Waals surface area contributed by atoms with Crippen LogP contribution >= 0.6 is 0 Å². The topological polar surface area (TPSA) is 0 Å². The second kappa shape index (κ2) is 28.8. The van der Waals surface area contributed by atoms with Gasteiger partial charge in [0.25, 0.3) is 0 Å². The smallest absolute Gasteiger partial charge is 0.0159 e. The van der Waals surface area contributed by atoms with Gasteiger partial charge in [0.1, 0.15) is 0 Å². The van der Waals surface area contributed by atoms with Crippen molar-refractivity contribution >= 4 is 75.4 Å². The van der Waals surface area contributed by atoms with Crippen molar-refractivity contribution in [3.8, 4) is 145 Å². The second-order valence-corrected chi connectivity index (χ2v) is 40.8. The van der Waals surface area contributed by atoms with Crippen molar-refractivity contribution in [2.75, 3.05) is 0 Å². The van der Waals surface area contributed by atoms with Gasteiger partial charge in [-0.2, -0.15) is 0 Å². The number of fused-ring (bicyclic) bond motifs is 22. The lowest BCUT2D eigenvalue weighted by atomic mass is 9.79. The number of hydrogen-bond donors (Lipinski definition) is 0. The fourth-order valence-electron chi connectivity index (χ4n) is 25.0. The molecule has 22 aromatic carbocycles. The van der Waals surface area contributed by atoms with Crippen LogP contribution in [0.4, 0.5) is 0 Å². The molecule has 630 valence electrons. The second-order valence-electron chi connectivity index (χ2n) is 40.8. The number of benzene rings is 22. The van der Waals surface area contributed by atoms with Crippen LogP contribution in [0, 0.1) is 0 Å². The van der Waals surface area contributed by atoms with E-state index in [9.17, 15) is 0 Å². The Morgan fingerprint density at radius 2 is 0.331 bits per heavy atom. The van der Waals surface area contributed by atoms with Crippen LogP contribution in [-0.4, -0.2) is 0 Å². The molecule has 0 nitrogen and oxygen atoms in total. The van der Waals surface area contributed by atoms with E-state index in [2.05, 4.69) is 482 Å². The minimum atomic E-state index is -0.206. The SMILES string of the molecule is CC1(C)c2cc(-c3ccc4ccccc4c3)ccc2-c2ccc(-c3c4ccccc4c(-c4cccc5c4-c4ccccc4C5(C)C)c4cc(-c5ccc6ccccc6c5)ccc34)cc21.CC1(C)c2ccccc2-c2ccc(-c3ccc4c(c3)C(C)(C)c3cc(-c5c6ccccc6c(-c6cccc7c6-c6ccccc6C7(C)C)c6cc(-c7ccc8ccccc8c7)ccc56)ccc3-4)cc21. The monoisotopic (exact) mass is 1690 g/mol. The molecule has 0 amide bonds. The van der Waals surface area contributed by atoms with Crippen molar-refractivity contribution in [1.29, 1.82) is 0 Å². The first-order valence-electron chi connectivity index (χ1n) is 47.5. The van der Waals surface area contributed by atoms with E-state index >= 15 is 0 Å². The van der Waals surface area contributed by atoms with Crippen LogP contribution in [0.5, 0.6) is 0 Å². The van der Waals surface area contributed by atoms with E-state index in [1.165, 1.54) is 276 Å². The zero-order valence-electron chi connectivity index (χ0n) is 76.8. The summed E-state index contributed by atoms with van der Waals surface area (Å²) < 4.78 is 0. The zero-order chi connectivity index (χ0) is 89.5. The van der Waals surface area contributed by atoms with Crippen molar-refractivity contribution in [3.63, 3.8) is 0 Å². The lowest BCUT2D eigenvalue weighted by molar-refractivity contribution is 0.659. The molecule has 0 aliphatic heterocycles. The molecule has 0 heteroatoms. The summed E-state index contributed by atoms with van der Waals surface area (Å²) in [6.07, 6.45) is 0. The van der Waals surface area contributed by atoms with Gasteiger partial charge in [0, 0.05) is 27.1 Å². The van der Waals surface area contributed by atoms with Crippen LogP contribution in [0.1, 0.15) is 125 Å². The van der Waals surface area contributed by atoms with Gasteiger partial charge in [-0.3, -0.25) is 0 Å². The van der Waals surface area contributed by atoms with Gasteiger partial charge in [0.05, 0.1) is 0 Å². The predicted octanol–water partition coefficient (Wildman–Crippen LogP) is 36.3. The summed E-state index contributed by atoms with van der Waals surface area (Å²) in [6, 6.07) is 157. The van der Waals surface area contributed by atoms with E-state index in [1.54, 1.807) is 0 Å². The molecule has 5 aliphatic carbocycles. The molecule has 0 atom stereocenters. The minimum absolute atomic E-state index is 0.0431. The fourth-order valence-corrected chi connectivity index (χ4v) is 25.0. The van der Waals surface area contributed by atoms with Crippen LogP contribution in [0.15, 0.2) is 413 Å². The molecule has 0 unspecified atom stereocenters. The molecule has 0 saturated carbocycles. The standard InChI is InChI=1S/C69H52.C64H46/c1-67(2)59-24-14-12-21-55(59)66-56(22-15-25-60(66)67)65-53-20-10-9-19-52(53)64(54-35-30-44(37-57(54)65)43-27-26-41-16-7-8-17-42(41)36-43)47-31-34-51-50-33-29-46(39-62(50)69(5,6)63(51)40-47)45-28-32-49-48-18-11-13-23-58(48)68(3,4)61(49)38-45;1-63(2)56-22-12-11-20-53(56)62-54(21-13-23-57(62)63)61-51-19-10-9-18-50(51)60(52-33-29-45(36-55(52)61)43-26-24-39-14-5-7-16-41(39)34-43)47-30-32-49-48-31-28-46(37-58(48)64(3,4)59(49)38-47)44-27-25-40-15-6-8-17-42(40)35-44/h7-40H,1-6H3;5-38H,1-4H3. The highest BCUT2D eigenvalue weighted by atomic mass is 14.5. The van der Waals surface area contributed by atoms with Crippen LogP contribution in [0.25, 0.3) is 220 Å². The molecule has 0 saturated heterocycles. The van der Waals surface area contributed by atoms with E-state index in [0.29, 0.717) is 0 Å². The van der Waals surface area contributed by atoms with E-state index in [-0.39, 0.29) is 27.1 Å². The van der Waals surface area contributed by atoms with Gasteiger partial charge >= 0.3 is 0 Å². The van der Waals surface area contributed by atoms with Gasteiger partial charge in [-0.05, 0) is 336 Å². The Labute approximate surface area is 778 Å². The number of rotatable bonds is 8. The molecule has 0 heterocycles. The van der Waals surface area contributed by atoms with Crippen LogP contribution in [-0.2, 0) is 27.1 Å². The summed E-state index contributed by atoms with van der Waals surface area (Å²) in [6.45, 7) is 24.0. The van der Waals surface area contributed by atoms with Crippen molar-refractivity contribution < 1.29 is 0 Å². The third kappa shape index (κ3) is 11.7. The average molecular weight is 1700 g/mol. The molecule has 0 radical (unpaired) electrons. The maximum Gasteiger partial charge on any atom is 0.0159 e. The molecule has 0 fully saturated rings. The Kier molecular flexibility index (Phi) is 17.1. The Balaban J connectivity index is 0.000000139. The lowest BCUT2D eigenvalue weighted by Gasteiger charge is -2.24. The molecular formula is C133H98. The molecule has 22 aromatic rings. The highest BCUT2D eigenvalue weighted by molar-refractivity contribution is 6.26. The van der Waals surface area contributed by atoms with Gasteiger partial charge in [-0.1, -0.05) is 421 Å². The number of hydrogen-bond acceptors (Lipinski definition) is 0. The molecule has 27 rings (SSSR count). The van der Waals surface area contributed by atoms with Crippen LogP contribution in [0.3, 0.4) is 0 Å². The molecular weight excluding hydrogens is 1600 g/mol. The first-order chi connectivity index (χ1) is 64.7. The highest BCUT2D eigenvalue weighted by Gasteiger charge is 2.43. The van der Waals surface area contributed by atoms with E-state index in [1.807, 2.05) is 0 Å². The zero-order valence-corrected chi connectivity index (χ0v) is 76.8. The molecule has 133 heavy (non-hydrogen) atoms. The van der Waals surface area contributed by atoms with Gasteiger partial charge in [-0.25, -0.2) is 0 Å². The van der Waals surface area contributed by atoms with Crippen molar-refractivity contribution in [1.82, 2.24) is 0 Å². The summed E-state index contributed by atoms with van der Waals surface area (Å²) in [5.41, 5.74) is 47.0. The summed E-state index contributed by atoms with van der Waals surface area (Å²) in [5.74, 6) is 0. The summed E-state index contributed by atoms with van der Waals surface area (Å²) in [4.78, 5) is 0. The van der Waals surface area contributed by atoms with E-state index in [0.717, 1.165) is 0 Å². The largest absolute Gasteiger partial charge is 0.0619 e. The molecule has 0 N–H and O–H groups in total. The summed E-state index contributed by atoms with van der Waals surface area (Å²) >= 11 is 0. The third-order valence-corrected chi connectivity index (χ3v) is 31.9. The molecule has 0 bridgehead atoms. The normalized spacial score (nSPS) is 14.7. The van der Waals surface area contributed by atoms with Crippen molar-refractivity contribution in [2.45, 2.75) is 96.3 Å². The fraction of sp³-hybridized carbons (Fsp3) is 0.113. The Bertz CT molecular complexity index is 8840. The Morgan fingerprint density at radius 3 is 0.692 bits per heavy atom. The molecule has 0 spiro atoms. The Morgan fingerprint density at radius 1 is 0.113 bits per heavy atom. The van der Waals surface area contributed by atoms with Crippen LogP contribution in [0.2, 0.25) is 0 Å². The molecule has 0 aromatic heterocycles. The van der Waals surface area contributed by atoms with Gasteiger partial charge in [0.15, 0.2) is 0 Å². The maximum atomic E-state index is 2.53. The van der Waals surface area contributed by atoms with Crippen LogP contribution < -0.4 is 0 Å². The highest BCUT2D eigenvalue weighted by Crippen LogP contribution is 2.61. The van der Waals surface area contributed by atoms with Gasteiger partial charge in [0.2, 0.25) is 0 Å². The van der Waals surface area contributed by atoms with Crippen molar-refractivity contribution in [3.05, 3.63) is 468 Å². The van der Waals surface area contributed by atoms with Gasteiger partial charge < -0.3 is 0 Å². The lowest BCUT2D eigenvalue weighted by Crippen LogP contribution is -2.15. The van der Waals surface area contributed by atoms with E-state index in [4.69, 9.17) is 0 Å². The Hall–Kier alpha value is -15.3. The van der Waals surface area contributed by atoms with Gasteiger partial charge in [-0.15, -0.1) is 0 Å².